The van der Waals surface area contributed by atoms with Gasteiger partial charge in [0.15, 0.2) is 0 Å². The third-order valence-electron chi connectivity index (χ3n) is 2.36. The summed E-state index contributed by atoms with van der Waals surface area (Å²) in [5.41, 5.74) is 11.5. The van der Waals surface area contributed by atoms with Gasteiger partial charge in [-0.3, -0.25) is 0 Å². The molecule has 3 nitrogen and oxygen atoms in total. The zero-order valence-electron chi connectivity index (χ0n) is 7.29. The van der Waals surface area contributed by atoms with Gasteiger partial charge < -0.3 is 16.2 Å². The molecule has 1 fully saturated rings. The third-order valence-corrected chi connectivity index (χ3v) is 2.36. The van der Waals surface area contributed by atoms with E-state index in [-0.39, 0.29) is 24.3 Å². The van der Waals surface area contributed by atoms with E-state index in [1.165, 1.54) is 0 Å². The summed E-state index contributed by atoms with van der Waals surface area (Å²) in [4.78, 5) is 0. The SMILES string of the molecule is C[C@@H](N)[C@@H]1CC[C@@H](N)[C@@H](C)O1. The van der Waals surface area contributed by atoms with Crippen LogP contribution < -0.4 is 11.5 Å². The molecule has 1 heterocycles. The van der Waals surface area contributed by atoms with Crippen LogP contribution >= 0.6 is 0 Å². The zero-order valence-corrected chi connectivity index (χ0v) is 7.29. The Morgan fingerprint density at radius 2 is 2.09 bits per heavy atom. The van der Waals surface area contributed by atoms with Gasteiger partial charge in [-0.15, -0.1) is 0 Å². The maximum absolute atomic E-state index is 5.77. The second-order valence-corrected chi connectivity index (χ2v) is 3.48. The smallest absolute Gasteiger partial charge is 0.0728 e. The molecule has 1 aliphatic rings. The first-order valence-corrected chi connectivity index (χ1v) is 4.28. The molecule has 0 aromatic carbocycles. The highest BCUT2D eigenvalue weighted by atomic mass is 16.5. The summed E-state index contributed by atoms with van der Waals surface area (Å²) in [6.07, 6.45) is 2.42. The van der Waals surface area contributed by atoms with E-state index in [0.29, 0.717) is 0 Å². The maximum Gasteiger partial charge on any atom is 0.0728 e. The number of ether oxygens (including phenoxy) is 1. The van der Waals surface area contributed by atoms with E-state index in [2.05, 4.69) is 0 Å². The number of nitrogens with two attached hydrogens (primary N) is 2. The molecule has 0 aromatic heterocycles. The van der Waals surface area contributed by atoms with Crippen molar-refractivity contribution in [2.75, 3.05) is 0 Å². The highest BCUT2D eigenvalue weighted by Crippen LogP contribution is 2.19. The van der Waals surface area contributed by atoms with Crippen LogP contribution in [0.4, 0.5) is 0 Å². The third kappa shape index (κ3) is 2.15. The quantitative estimate of drug-likeness (QED) is 0.574. The minimum absolute atomic E-state index is 0.130. The van der Waals surface area contributed by atoms with E-state index in [4.69, 9.17) is 16.2 Å². The number of rotatable bonds is 1. The summed E-state index contributed by atoms with van der Waals surface area (Å²) in [5, 5.41) is 0. The molecule has 1 aliphatic heterocycles. The van der Waals surface area contributed by atoms with Gasteiger partial charge in [-0.05, 0) is 26.7 Å². The van der Waals surface area contributed by atoms with Gasteiger partial charge in [-0.25, -0.2) is 0 Å². The van der Waals surface area contributed by atoms with Crippen molar-refractivity contribution < 1.29 is 4.74 Å². The van der Waals surface area contributed by atoms with Gasteiger partial charge in [-0.1, -0.05) is 0 Å². The van der Waals surface area contributed by atoms with Crippen molar-refractivity contribution in [3.8, 4) is 0 Å². The van der Waals surface area contributed by atoms with Crippen LogP contribution in [0.3, 0.4) is 0 Å². The molecule has 11 heavy (non-hydrogen) atoms. The summed E-state index contributed by atoms with van der Waals surface area (Å²) in [7, 11) is 0. The summed E-state index contributed by atoms with van der Waals surface area (Å²) in [5.74, 6) is 0. The minimum atomic E-state index is 0.130. The first-order chi connectivity index (χ1) is 5.11. The van der Waals surface area contributed by atoms with Crippen LogP contribution in [0.1, 0.15) is 26.7 Å². The molecule has 0 unspecified atom stereocenters. The van der Waals surface area contributed by atoms with Gasteiger partial charge in [0.2, 0.25) is 0 Å². The normalized spacial score (nSPS) is 42.0. The van der Waals surface area contributed by atoms with Crippen molar-refractivity contribution in [3.05, 3.63) is 0 Å². The van der Waals surface area contributed by atoms with Crippen LogP contribution in [0, 0.1) is 0 Å². The fourth-order valence-corrected chi connectivity index (χ4v) is 1.42. The first-order valence-electron chi connectivity index (χ1n) is 4.28. The average Bonchev–Trinajstić information content (AvgIpc) is 1.94. The molecule has 0 bridgehead atoms. The highest BCUT2D eigenvalue weighted by molar-refractivity contribution is 4.82. The Morgan fingerprint density at radius 3 is 2.55 bits per heavy atom. The van der Waals surface area contributed by atoms with E-state index in [0.717, 1.165) is 12.8 Å². The molecule has 66 valence electrons. The topological polar surface area (TPSA) is 61.3 Å². The number of hydrogen-bond donors (Lipinski definition) is 2. The van der Waals surface area contributed by atoms with Crippen LogP contribution in [0.2, 0.25) is 0 Å². The van der Waals surface area contributed by atoms with E-state index in [1.807, 2.05) is 13.8 Å². The van der Waals surface area contributed by atoms with Gasteiger partial charge in [-0.2, -0.15) is 0 Å². The van der Waals surface area contributed by atoms with E-state index in [9.17, 15) is 0 Å². The maximum atomic E-state index is 5.77. The molecule has 0 aromatic rings. The highest BCUT2D eigenvalue weighted by Gasteiger charge is 2.27. The lowest BCUT2D eigenvalue weighted by molar-refractivity contribution is -0.0594. The van der Waals surface area contributed by atoms with Crippen molar-refractivity contribution in [2.45, 2.75) is 51.0 Å². The molecule has 0 amide bonds. The van der Waals surface area contributed by atoms with E-state index >= 15 is 0 Å². The molecule has 3 heteroatoms. The monoisotopic (exact) mass is 158 g/mol. The predicted molar refractivity (Wildman–Crippen MR) is 45.2 cm³/mol. The van der Waals surface area contributed by atoms with Crippen LogP contribution in [-0.4, -0.2) is 24.3 Å². The molecule has 0 saturated carbocycles. The molecule has 1 saturated heterocycles. The second kappa shape index (κ2) is 3.52. The largest absolute Gasteiger partial charge is 0.372 e. The van der Waals surface area contributed by atoms with Gasteiger partial charge >= 0.3 is 0 Å². The molecule has 0 radical (unpaired) electrons. The van der Waals surface area contributed by atoms with Crippen molar-refractivity contribution in [1.82, 2.24) is 0 Å². The summed E-state index contributed by atoms with van der Waals surface area (Å²) in [6.45, 7) is 3.99. The Labute approximate surface area is 68.1 Å². The minimum Gasteiger partial charge on any atom is -0.372 e. The Morgan fingerprint density at radius 1 is 1.45 bits per heavy atom. The van der Waals surface area contributed by atoms with Crippen LogP contribution in [0.5, 0.6) is 0 Å². The van der Waals surface area contributed by atoms with Crippen LogP contribution in [0.15, 0.2) is 0 Å². The second-order valence-electron chi connectivity index (χ2n) is 3.48. The molecule has 1 rings (SSSR count). The lowest BCUT2D eigenvalue weighted by Crippen LogP contribution is -2.47. The zero-order chi connectivity index (χ0) is 8.43. The van der Waals surface area contributed by atoms with Crippen LogP contribution in [-0.2, 0) is 4.74 Å². The lowest BCUT2D eigenvalue weighted by Gasteiger charge is -2.34. The van der Waals surface area contributed by atoms with Crippen molar-refractivity contribution in [2.24, 2.45) is 11.5 Å². The lowest BCUT2D eigenvalue weighted by atomic mass is 9.97. The van der Waals surface area contributed by atoms with Crippen molar-refractivity contribution in [1.29, 1.82) is 0 Å². The van der Waals surface area contributed by atoms with E-state index in [1.54, 1.807) is 0 Å². The molecule has 4 N–H and O–H groups in total. The summed E-state index contributed by atoms with van der Waals surface area (Å²) in [6, 6.07) is 0.329. The Kier molecular flexibility index (Phi) is 2.87. The fourth-order valence-electron chi connectivity index (χ4n) is 1.42. The van der Waals surface area contributed by atoms with Crippen molar-refractivity contribution in [3.63, 3.8) is 0 Å². The fraction of sp³-hybridized carbons (Fsp3) is 1.00. The summed E-state index contributed by atoms with van der Waals surface area (Å²) >= 11 is 0. The van der Waals surface area contributed by atoms with Crippen molar-refractivity contribution >= 4 is 0 Å². The Balaban J connectivity index is 2.40. The number of hydrogen-bond acceptors (Lipinski definition) is 3. The predicted octanol–water partition coefficient (Wildman–Crippen LogP) is 0.228. The average molecular weight is 158 g/mol. The molecule has 0 spiro atoms. The standard InChI is InChI=1S/C8H18N2O/c1-5(9)8-4-3-7(10)6(2)11-8/h5-8H,3-4,9-10H2,1-2H3/t5-,6-,7-,8+/m1/s1. The molecule has 0 aliphatic carbocycles. The van der Waals surface area contributed by atoms with Gasteiger partial charge in [0.25, 0.3) is 0 Å². The Bertz CT molecular complexity index is 127. The molecule has 4 atom stereocenters. The van der Waals surface area contributed by atoms with Gasteiger partial charge in [0, 0.05) is 12.1 Å². The van der Waals surface area contributed by atoms with Gasteiger partial charge in [0.1, 0.15) is 0 Å². The van der Waals surface area contributed by atoms with E-state index < -0.39 is 0 Å². The van der Waals surface area contributed by atoms with Gasteiger partial charge in [0.05, 0.1) is 12.2 Å². The Hall–Kier alpha value is -0.120. The summed E-state index contributed by atoms with van der Waals surface area (Å²) < 4.78 is 5.61. The first kappa shape index (κ1) is 8.97. The molecular formula is C8H18N2O. The van der Waals surface area contributed by atoms with Crippen LogP contribution in [0.25, 0.3) is 0 Å². The molecular weight excluding hydrogens is 140 g/mol.